The van der Waals surface area contributed by atoms with Gasteiger partial charge in [0.1, 0.15) is 18.2 Å². The molecule has 0 aliphatic heterocycles. The van der Waals surface area contributed by atoms with Gasteiger partial charge >= 0.3 is 0 Å². The maximum absolute atomic E-state index is 12.7. The molecule has 162 valence electrons. The van der Waals surface area contributed by atoms with Crippen molar-refractivity contribution in [2.24, 2.45) is 13.0 Å². The predicted molar refractivity (Wildman–Crippen MR) is 126 cm³/mol. The van der Waals surface area contributed by atoms with E-state index in [0.29, 0.717) is 17.4 Å². The first-order chi connectivity index (χ1) is 15.0. The van der Waals surface area contributed by atoms with Crippen molar-refractivity contribution in [3.8, 4) is 17.5 Å². The highest BCUT2D eigenvalue weighted by Crippen LogP contribution is 2.46. The Morgan fingerprint density at radius 2 is 1.97 bits per heavy atom. The first kappa shape index (κ1) is 21.9. The van der Waals surface area contributed by atoms with Gasteiger partial charge in [0, 0.05) is 30.3 Å². The number of rotatable bonds is 5. The van der Waals surface area contributed by atoms with Gasteiger partial charge in [0.25, 0.3) is 5.56 Å². The van der Waals surface area contributed by atoms with Crippen molar-refractivity contribution in [2.75, 3.05) is 0 Å². The highest BCUT2D eigenvalue weighted by Gasteiger charge is 2.41. The molecule has 0 unspecified atom stereocenters. The topological polar surface area (TPSA) is 72.8 Å². The van der Waals surface area contributed by atoms with Gasteiger partial charge in [0.05, 0.1) is 28.7 Å². The minimum absolute atomic E-state index is 0. The van der Waals surface area contributed by atoms with Crippen LogP contribution >= 0.6 is 24.0 Å². The largest absolute Gasteiger partial charge is 0.489 e. The monoisotopic (exact) mass is 466 g/mol. The Balaban J connectivity index is 0.00000245. The number of pyridine rings is 1. The normalized spacial score (nSPS) is 16.9. The SMILES string of the molecule is Cl.Cn1c([C@H]2C[C@H]2C#N)nc2ccc(-n3ccc(OCc4ccc(Cl)cc4)cc3=O)cc21. The number of ether oxygens (including phenoxy) is 1. The molecule has 2 atom stereocenters. The van der Waals surface area contributed by atoms with Crippen molar-refractivity contribution in [2.45, 2.75) is 18.9 Å². The lowest BCUT2D eigenvalue weighted by Gasteiger charge is -2.10. The van der Waals surface area contributed by atoms with E-state index in [4.69, 9.17) is 26.6 Å². The first-order valence-corrected chi connectivity index (χ1v) is 10.4. The summed E-state index contributed by atoms with van der Waals surface area (Å²) in [5.41, 5.74) is 3.35. The van der Waals surface area contributed by atoms with Gasteiger partial charge in [0.2, 0.25) is 0 Å². The molecule has 4 aromatic rings. The fraction of sp³-hybridized carbons (Fsp3) is 0.208. The highest BCUT2D eigenvalue weighted by molar-refractivity contribution is 6.30. The Labute approximate surface area is 196 Å². The average molecular weight is 467 g/mol. The third-order valence-corrected chi connectivity index (χ3v) is 5.93. The minimum Gasteiger partial charge on any atom is -0.489 e. The summed E-state index contributed by atoms with van der Waals surface area (Å²) in [5, 5.41) is 9.79. The van der Waals surface area contributed by atoms with Gasteiger partial charge in [-0.2, -0.15) is 5.26 Å². The smallest absolute Gasteiger partial charge is 0.258 e. The second-order valence-electron chi connectivity index (χ2n) is 7.77. The zero-order chi connectivity index (χ0) is 21.5. The number of hydrogen-bond donors (Lipinski definition) is 0. The second kappa shape index (κ2) is 8.70. The first-order valence-electron chi connectivity index (χ1n) is 10.00. The molecule has 8 heteroatoms. The zero-order valence-electron chi connectivity index (χ0n) is 17.2. The molecule has 1 aliphatic carbocycles. The maximum atomic E-state index is 12.7. The Morgan fingerprint density at radius 1 is 1.19 bits per heavy atom. The Hall–Kier alpha value is -3.27. The number of fused-ring (bicyclic) bond motifs is 1. The third-order valence-electron chi connectivity index (χ3n) is 5.67. The molecule has 0 amide bonds. The van der Waals surface area contributed by atoms with Gasteiger partial charge < -0.3 is 9.30 Å². The summed E-state index contributed by atoms with van der Waals surface area (Å²) >= 11 is 5.90. The molecule has 1 saturated carbocycles. The number of nitriles is 1. The van der Waals surface area contributed by atoms with Gasteiger partial charge in [-0.15, -0.1) is 12.4 Å². The van der Waals surface area contributed by atoms with Crippen LogP contribution in [0.3, 0.4) is 0 Å². The van der Waals surface area contributed by atoms with Crippen LogP contribution in [-0.2, 0) is 13.7 Å². The molecule has 0 saturated heterocycles. The van der Waals surface area contributed by atoms with Crippen LogP contribution in [0.2, 0.25) is 5.02 Å². The van der Waals surface area contributed by atoms with Crippen LogP contribution in [0.4, 0.5) is 0 Å². The van der Waals surface area contributed by atoms with E-state index in [9.17, 15) is 4.79 Å². The van der Waals surface area contributed by atoms with Crippen LogP contribution in [0.15, 0.2) is 65.6 Å². The maximum Gasteiger partial charge on any atom is 0.258 e. The molecule has 1 aliphatic rings. The van der Waals surface area contributed by atoms with Crippen LogP contribution in [-0.4, -0.2) is 14.1 Å². The van der Waals surface area contributed by atoms with Crippen molar-refractivity contribution >= 4 is 35.0 Å². The number of aromatic nitrogens is 3. The van der Waals surface area contributed by atoms with Crippen LogP contribution in [0.1, 0.15) is 23.7 Å². The zero-order valence-corrected chi connectivity index (χ0v) is 18.8. The number of benzene rings is 2. The third kappa shape index (κ3) is 4.10. The van der Waals surface area contributed by atoms with Gasteiger partial charge in [-0.1, -0.05) is 23.7 Å². The second-order valence-corrected chi connectivity index (χ2v) is 8.20. The van der Waals surface area contributed by atoms with Gasteiger partial charge in [-0.25, -0.2) is 4.98 Å². The number of nitrogens with zero attached hydrogens (tertiary/aromatic N) is 4. The average Bonchev–Trinajstić information content (AvgIpc) is 3.49. The van der Waals surface area contributed by atoms with E-state index in [1.54, 1.807) is 16.8 Å². The van der Waals surface area contributed by atoms with Crippen LogP contribution in [0, 0.1) is 17.2 Å². The van der Waals surface area contributed by atoms with E-state index in [-0.39, 0.29) is 29.8 Å². The van der Waals surface area contributed by atoms with Gasteiger partial charge in [-0.05, 0) is 48.4 Å². The summed E-state index contributed by atoms with van der Waals surface area (Å²) in [6.45, 7) is 0.356. The summed E-state index contributed by atoms with van der Waals surface area (Å²) in [5.74, 6) is 1.69. The Morgan fingerprint density at radius 3 is 2.66 bits per heavy atom. The molecule has 6 nitrogen and oxygen atoms in total. The van der Waals surface area contributed by atoms with Gasteiger partial charge in [-0.3, -0.25) is 9.36 Å². The number of halogens is 2. The van der Waals surface area contributed by atoms with E-state index in [2.05, 4.69) is 6.07 Å². The molecule has 2 aromatic heterocycles. The number of imidazole rings is 1. The lowest BCUT2D eigenvalue weighted by Crippen LogP contribution is -2.16. The molecule has 5 rings (SSSR count). The Kier molecular flexibility index (Phi) is 5.96. The molecule has 0 bridgehead atoms. The van der Waals surface area contributed by atoms with Crippen molar-refractivity contribution in [1.29, 1.82) is 5.26 Å². The fourth-order valence-corrected chi connectivity index (χ4v) is 3.94. The summed E-state index contributed by atoms with van der Waals surface area (Å²) in [7, 11) is 1.96. The van der Waals surface area contributed by atoms with E-state index < -0.39 is 0 Å². The molecule has 2 aromatic carbocycles. The summed E-state index contributed by atoms with van der Waals surface area (Å²) in [4.78, 5) is 17.4. The fourth-order valence-electron chi connectivity index (χ4n) is 3.81. The highest BCUT2D eigenvalue weighted by atomic mass is 35.5. The predicted octanol–water partition coefficient (Wildman–Crippen LogP) is 5.01. The van der Waals surface area contributed by atoms with Crippen molar-refractivity contribution < 1.29 is 4.74 Å². The lowest BCUT2D eigenvalue weighted by molar-refractivity contribution is 0.305. The summed E-state index contributed by atoms with van der Waals surface area (Å²) in [6, 6.07) is 18.7. The Bertz CT molecular complexity index is 1390. The quantitative estimate of drug-likeness (QED) is 0.414. The van der Waals surface area contributed by atoms with Crippen molar-refractivity contribution in [1.82, 2.24) is 14.1 Å². The van der Waals surface area contributed by atoms with Crippen LogP contribution < -0.4 is 10.3 Å². The van der Waals surface area contributed by atoms with Crippen molar-refractivity contribution in [3.05, 3.63) is 87.6 Å². The molecule has 1 fully saturated rings. The number of aryl methyl sites for hydroxylation is 1. The van der Waals surface area contributed by atoms with Crippen molar-refractivity contribution in [3.63, 3.8) is 0 Å². The molecule has 2 heterocycles. The molecular formula is C24H20Cl2N4O2. The molecule has 0 radical (unpaired) electrons. The van der Waals surface area contributed by atoms with Crippen LogP contribution in [0.5, 0.6) is 5.75 Å². The minimum atomic E-state index is -0.179. The summed E-state index contributed by atoms with van der Waals surface area (Å²) < 4.78 is 9.36. The molecule has 0 N–H and O–H groups in total. The van der Waals surface area contributed by atoms with Gasteiger partial charge in [0.15, 0.2) is 0 Å². The van der Waals surface area contributed by atoms with Crippen LogP contribution in [0.25, 0.3) is 16.7 Å². The van der Waals surface area contributed by atoms with E-state index in [1.165, 1.54) is 6.07 Å². The summed E-state index contributed by atoms with van der Waals surface area (Å²) in [6.07, 6.45) is 2.57. The lowest BCUT2D eigenvalue weighted by atomic mass is 10.2. The van der Waals surface area contributed by atoms with E-state index in [0.717, 1.165) is 34.5 Å². The number of hydrogen-bond acceptors (Lipinski definition) is 4. The van der Waals surface area contributed by atoms with E-state index in [1.807, 2.05) is 54.1 Å². The molecular weight excluding hydrogens is 447 g/mol. The molecule has 0 spiro atoms. The standard InChI is InChI=1S/C24H19ClN4O2.ClH/c1-28-22-11-18(6-7-21(22)27-24(28)20-10-16(20)13-26)29-9-8-19(12-23(29)30)31-14-15-2-4-17(25)5-3-15;/h2-9,11-12,16,20H,10,14H2,1H3;1H/t16-,20-;/m0./s1. The van der Waals surface area contributed by atoms with E-state index >= 15 is 0 Å². The molecule has 32 heavy (non-hydrogen) atoms.